The summed E-state index contributed by atoms with van der Waals surface area (Å²) in [4.78, 5) is 24.0. The highest BCUT2D eigenvalue weighted by molar-refractivity contribution is 5.82. The normalized spacial score (nSPS) is 12.5. The van der Waals surface area contributed by atoms with Gasteiger partial charge < -0.3 is 10.4 Å². The molecule has 0 saturated heterocycles. The molecular weight excluding hydrogens is 220 g/mol. The molecule has 0 radical (unpaired) electrons. The largest absolute Gasteiger partial charge is 0.480 e. The van der Waals surface area contributed by atoms with Crippen molar-refractivity contribution >= 4 is 11.9 Å². The molecule has 0 saturated carbocycles. The van der Waals surface area contributed by atoms with Crippen molar-refractivity contribution in [2.75, 3.05) is 19.6 Å². The molecule has 0 aromatic rings. The lowest BCUT2D eigenvalue weighted by Crippen LogP contribution is -2.47. The summed E-state index contributed by atoms with van der Waals surface area (Å²) in [6, 6.07) is -0.470. The first-order chi connectivity index (χ1) is 7.88. The molecule has 0 aliphatic rings. The molecule has 0 aliphatic heterocycles. The van der Waals surface area contributed by atoms with Crippen LogP contribution < -0.4 is 5.32 Å². The molecule has 1 unspecified atom stereocenters. The van der Waals surface area contributed by atoms with Crippen LogP contribution in [-0.2, 0) is 9.59 Å². The summed E-state index contributed by atoms with van der Waals surface area (Å²) in [5.74, 6) is -0.726. The molecular formula is C12H22N2O3. The molecule has 0 heterocycles. The average Bonchev–Trinajstić information content (AvgIpc) is 2.23. The number of carboxylic acids is 1. The molecule has 0 spiro atoms. The third-order valence-electron chi connectivity index (χ3n) is 2.31. The first-order valence-corrected chi connectivity index (χ1v) is 5.73. The van der Waals surface area contributed by atoms with Crippen LogP contribution in [0, 0.1) is 5.92 Å². The number of carbonyl (C=O) groups is 2. The van der Waals surface area contributed by atoms with Crippen molar-refractivity contribution in [2.24, 2.45) is 5.92 Å². The summed E-state index contributed by atoms with van der Waals surface area (Å²) in [6.07, 6.45) is 1.59. The minimum atomic E-state index is -0.949. The van der Waals surface area contributed by atoms with Gasteiger partial charge in [-0.15, -0.1) is 6.58 Å². The van der Waals surface area contributed by atoms with Crippen molar-refractivity contribution in [3.05, 3.63) is 12.7 Å². The van der Waals surface area contributed by atoms with Gasteiger partial charge in [0.2, 0.25) is 5.91 Å². The number of nitrogens with zero attached hydrogens (tertiary/aromatic N) is 1. The van der Waals surface area contributed by atoms with Gasteiger partial charge in [-0.05, 0) is 12.8 Å². The maximum Gasteiger partial charge on any atom is 0.317 e. The van der Waals surface area contributed by atoms with Gasteiger partial charge in [-0.3, -0.25) is 14.5 Å². The summed E-state index contributed by atoms with van der Waals surface area (Å²) in [5.41, 5.74) is 0. The van der Waals surface area contributed by atoms with Gasteiger partial charge in [0.25, 0.3) is 0 Å². The summed E-state index contributed by atoms with van der Waals surface area (Å²) in [6.45, 7) is 10.1. The molecule has 0 aromatic carbocycles. The van der Waals surface area contributed by atoms with Crippen LogP contribution in [0.1, 0.15) is 20.8 Å². The number of hydrogen-bond donors (Lipinski definition) is 2. The van der Waals surface area contributed by atoms with Crippen LogP contribution in [0.5, 0.6) is 0 Å². The molecule has 1 atom stereocenters. The Morgan fingerprint density at radius 2 is 2.00 bits per heavy atom. The Hall–Kier alpha value is -1.36. The molecule has 1 amide bonds. The Balaban J connectivity index is 4.37. The van der Waals surface area contributed by atoms with Crippen molar-refractivity contribution in [1.82, 2.24) is 10.2 Å². The quantitative estimate of drug-likeness (QED) is 0.615. The van der Waals surface area contributed by atoms with Gasteiger partial charge in [-0.2, -0.15) is 0 Å². The van der Waals surface area contributed by atoms with E-state index < -0.39 is 12.0 Å². The summed E-state index contributed by atoms with van der Waals surface area (Å²) >= 11 is 0. The van der Waals surface area contributed by atoms with Crippen molar-refractivity contribution in [3.8, 4) is 0 Å². The number of carbonyl (C=O) groups excluding carboxylic acids is 1. The second-order valence-electron chi connectivity index (χ2n) is 4.43. The molecule has 17 heavy (non-hydrogen) atoms. The maximum atomic E-state index is 11.8. The lowest BCUT2D eigenvalue weighted by Gasteiger charge is -2.25. The topological polar surface area (TPSA) is 69.6 Å². The van der Waals surface area contributed by atoms with Crippen LogP contribution in [0.2, 0.25) is 0 Å². The highest BCUT2D eigenvalue weighted by atomic mass is 16.4. The Morgan fingerprint density at radius 1 is 1.41 bits per heavy atom. The number of carboxylic acid groups (broad SMARTS) is 1. The minimum Gasteiger partial charge on any atom is -0.480 e. The van der Waals surface area contributed by atoms with Gasteiger partial charge in [-0.25, -0.2) is 0 Å². The van der Waals surface area contributed by atoms with E-state index in [9.17, 15) is 9.59 Å². The third-order valence-corrected chi connectivity index (χ3v) is 2.31. The average molecular weight is 242 g/mol. The van der Waals surface area contributed by atoms with Crippen LogP contribution in [0.4, 0.5) is 0 Å². The van der Waals surface area contributed by atoms with Crippen molar-refractivity contribution in [1.29, 1.82) is 0 Å². The Kier molecular flexibility index (Phi) is 7.21. The second-order valence-corrected chi connectivity index (χ2v) is 4.43. The van der Waals surface area contributed by atoms with Crippen LogP contribution in [-0.4, -0.2) is 47.6 Å². The smallest absolute Gasteiger partial charge is 0.317 e. The van der Waals surface area contributed by atoms with Crippen molar-refractivity contribution in [3.63, 3.8) is 0 Å². The Labute approximate surface area is 102 Å². The molecule has 98 valence electrons. The standard InChI is InChI=1S/C12H22N2O3/c1-5-6-14(8-11(15)16)10(4)12(17)13-7-9(2)3/h5,9-10H,1,6-8H2,2-4H3,(H,13,17)(H,15,16). The lowest BCUT2D eigenvalue weighted by molar-refractivity contribution is -0.139. The van der Waals surface area contributed by atoms with Gasteiger partial charge >= 0.3 is 5.97 Å². The van der Waals surface area contributed by atoms with Gasteiger partial charge in [-0.1, -0.05) is 19.9 Å². The first kappa shape index (κ1) is 15.6. The number of hydrogen-bond acceptors (Lipinski definition) is 3. The monoisotopic (exact) mass is 242 g/mol. The molecule has 5 heteroatoms. The Morgan fingerprint density at radius 3 is 2.41 bits per heavy atom. The first-order valence-electron chi connectivity index (χ1n) is 5.73. The summed E-state index contributed by atoms with van der Waals surface area (Å²) in [5, 5.41) is 11.5. The second kappa shape index (κ2) is 7.84. The predicted molar refractivity (Wildman–Crippen MR) is 66.7 cm³/mol. The highest BCUT2D eigenvalue weighted by Gasteiger charge is 2.22. The van der Waals surface area contributed by atoms with E-state index >= 15 is 0 Å². The van der Waals surface area contributed by atoms with E-state index in [-0.39, 0.29) is 12.5 Å². The minimum absolute atomic E-state index is 0.151. The zero-order chi connectivity index (χ0) is 13.4. The van der Waals surface area contributed by atoms with E-state index in [1.807, 2.05) is 13.8 Å². The van der Waals surface area contributed by atoms with Gasteiger partial charge in [0.1, 0.15) is 0 Å². The number of rotatable bonds is 8. The van der Waals surface area contributed by atoms with Gasteiger partial charge in [0.15, 0.2) is 0 Å². The molecule has 2 N–H and O–H groups in total. The number of nitrogens with one attached hydrogen (secondary N) is 1. The van der Waals surface area contributed by atoms with Crippen molar-refractivity contribution < 1.29 is 14.7 Å². The zero-order valence-corrected chi connectivity index (χ0v) is 10.8. The number of aliphatic carboxylic acids is 1. The fourth-order valence-electron chi connectivity index (χ4n) is 1.32. The molecule has 0 bridgehead atoms. The molecule has 0 aliphatic carbocycles. The van der Waals surface area contributed by atoms with E-state index in [1.54, 1.807) is 17.9 Å². The number of amides is 1. The van der Waals surface area contributed by atoms with Gasteiger partial charge in [0.05, 0.1) is 12.6 Å². The highest BCUT2D eigenvalue weighted by Crippen LogP contribution is 2.00. The third kappa shape index (κ3) is 6.73. The zero-order valence-electron chi connectivity index (χ0n) is 10.8. The van der Waals surface area contributed by atoms with E-state index in [0.29, 0.717) is 19.0 Å². The van der Waals surface area contributed by atoms with E-state index in [0.717, 1.165) is 0 Å². The van der Waals surface area contributed by atoms with Crippen LogP contribution in [0.3, 0.4) is 0 Å². The van der Waals surface area contributed by atoms with E-state index in [1.165, 1.54) is 0 Å². The predicted octanol–water partition coefficient (Wildman–Crippen LogP) is 0.720. The Bertz CT molecular complexity index is 277. The van der Waals surface area contributed by atoms with Gasteiger partial charge in [0, 0.05) is 13.1 Å². The SMILES string of the molecule is C=CCN(CC(=O)O)C(C)C(=O)NCC(C)C. The summed E-state index contributed by atoms with van der Waals surface area (Å²) in [7, 11) is 0. The lowest BCUT2D eigenvalue weighted by atomic mass is 10.2. The van der Waals surface area contributed by atoms with Crippen LogP contribution in [0.25, 0.3) is 0 Å². The van der Waals surface area contributed by atoms with Crippen LogP contribution >= 0.6 is 0 Å². The van der Waals surface area contributed by atoms with Crippen molar-refractivity contribution in [2.45, 2.75) is 26.8 Å². The molecule has 5 nitrogen and oxygen atoms in total. The fraction of sp³-hybridized carbons (Fsp3) is 0.667. The molecule has 0 aromatic heterocycles. The maximum absolute atomic E-state index is 11.8. The van der Waals surface area contributed by atoms with Crippen LogP contribution in [0.15, 0.2) is 12.7 Å². The molecule has 0 rings (SSSR count). The molecule has 0 fully saturated rings. The summed E-state index contributed by atoms with van der Waals surface area (Å²) < 4.78 is 0. The fourth-order valence-corrected chi connectivity index (χ4v) is 1.32. The van der Waals surface area contributed by atoms with E-state index in [4.69, 9.17) is 5.11 Å². The van der Waals surface area contributed by atoms with E-state index in [2.05, 4.69) is 11.9 Å².